The Morgan fingerprint density at radius 1 is 1.10 bits per heavy atom. The van der Waals surface area contributed by atoms with E-state index >= 15 is 0 Å². The van der Waals surface area contributed by atoms with Crippen molar-refractivity contribution in [3.63, 3.8) is 0 Å². The third kappa shape index (κ3) is 7.22. The second-order valence-electron chi connectivity index (χ2n) is 6.20. The summed E-state index contributed by atoms with van der Waals surface area (Å²) >= 11 is 0. The van der Waals surface area contributed by atoms with Crippen molar-refractivity contribution in [2.75, 3.05) is 27.4 Å². The molecule has 120 valence electrons. The smallest absolute Gasteiger partial charge is 0.325 e. The minimum atomic E-state index is -0.709. The summed E-state index contributed by atoms with van der Waals surface area (Å²) in [6.45, 7) is 11.0. The van der Waals surface area contributed by atoms with Gasteiger partial charge in [-0.1, -0.05) is 0 Å². The number of hydrogen-bond donors (Lipinski definition) is 1. The van der Waals surface area contributed by atoms with Crippen LogP contribution >= 0.6 is 0 Å². The summed E-state index contributed by atoms with van der Waals surface area (Å²) in [7, 11) is 3.10. The highest BCUT2D eigenvalue weighted by atomic mass is 16.5. The second-order valence-corrected chi connectivity index (χ2v) is 6.20. The number of carbonyl (C=O) groups excluding carboxylic acids is 1. The standard InChI is InChI=1S/C15H31NO4/c1-12(2)16-15(5,13(17)18-6)9-11-20-10-8-14(3,4)19-7/h12,16H,8-11H2,1-7H3. The van der Waals surface area contributed by atoms with E-state index in [1.165, 1.54) is 7.11 Å². The topological polar surface area (TPSA) is 56.8 Å². The fraction of sp³-hybridized carbons (Fsp3) is 0.933. The SMILES string of the molecule is COC(=O)C(C)(CCOCCC(C)(C)OC)NC(C)C. The molecule has 0 saturated heterocycles. The summed E-state index contributed by atoms with van der Waals surface area (Å²) < 4.78 is 15.8. The largest absolute Gasteiger partial charge is 0.468 e. The van der Waals surface area contributed by atoms with E-state index in [9.17, 15) is 4.79 Å². The molecule has 0 bridgehead atoms. The Hall–Kier alpha value is -0.650. The van der Waals surface area contributed by atoms with Crippen molar-refractivity contribution in [3.8, 4) is 0 Å². The Bertz CT molecular complexity index is 292. The van der Waals surface area contributed by atoms with Crippen LogP contribution < -0.4 is 5.32 Å². The molecule has 20 heavy (non-hydrogen) atoms. The van der Waals surface area contributed by atoms with Gasteiger partial charge in [-0.2, -0.15) is 0 Å². The normalized spacial score (nSPS) is 15.2. The number of ether oxygens (including phenoxy) is 3. The van der Waals surface area contributed by atoms with Crippen molar-refractivity contribution >= 4 is 5.97 Å². The van der Waals surface area contributed by atoms with Gasteiger partial charge in [0.05, 0.1) is 12.7 Å². The molecule has 1 N–H and O–H groups in total. The van der Waals surface area contributed by atoms with Gasteiger partial charge in [0.2, 0.25) is 0 Å². The van der Waals surface area contributed by atoms with Gasteiger partial charge in [0, 0.05) is 26.4 Å². The van der Waals surface area contributed by atoms with Crippen LogP contribution in [-0.4, -0.2) is 50.6 Å². The Labute approximate surface area is 123 Å². The average molecular weight is 289 g/mol. The van der Waals surface area contributed by atoms with Crippen LogP contribution in [0.5, 0.6) is 0 Å². The van der Waals surface area contributed by atoms with Crippen LogP contribution in [-0.2, 0) is 19.0 Å². The van der Waals surface area contributed by atoms with Crippen LogP contribution in [0.4, 0.5) is 0 Å². The molecular formula is C15H31NO4. The van der Waals surface area contributed by atoms with Crippen LogP contribution in [0.2, 0.25) is 0 Å². The summed E-state index contributed by atoms with van der Waals surface area (Å²) in [6.07, 6.45) is 1.39. The van der Waals surface area contributed by atoms with E-state index in [2.05, 4.69) is 5.32 Å². The van der Waals surface area contributed by atoms with Crippen LogP contribution in [0, 0.1) is 0 Å². The van der Waals surface area contributed by atoms with Crippen molar-refractivity contribution in [1.29, 1.82) is 0 Å². The van der Waals surface area contributed by atoms with Gasteiger partial charge in [0.1, 0.15) is 5.54 Å². The Balaban J connectivity index is 4.19. The number of esters is 1. The first-order valence-electron chi connectivity index (χ1n) is 7.16. The van der Waals surface area contributed by atoms with Crippen molar-refractivity contribution in [3.05, 3.63) is 0 Å². The van der Waals surface area contributed by atoms with Gasteiger partial charge in [-0.05, 0) is 47.5 Å². The number of carbonyl (C=O) groups is 1. The fourth-order valence-corrected chi connectivity index (χ4v) is 1.89. The predicted molar refractivity (Wildman–Crippen MR) is 79.8 cm³/mol. The van der Waals surface area contributed by atoms with Gasteiger partial charge in [-0.3, -0.25) is 10.1 Å². The predicted octanol–water partition coefficient (Wildman–Crippen LogP) is 2.14. The van der Waals surface area contributed by atoms with E-state index in [-0.39, 0.29) is 17.6 Å². The van der Waals surface area contributed by atoms with Crippen LogP contribution in [0.25, 0.3) is 0 Å². The zero-order valence-electron chi connectivity index (χ0n) is 14.0. The molecule has 1 atom stereocenters. The van der Waals surface area contributed by atoms with E-state index in [1.807, 2.05) is 34.6 Å². The molecule has 0 aromatic carbocycles. The molecule has 0 saturated carbocycles. The quantitative estimate of drug-likeness (QED) is 0.493. The Kier molecular flexibility index (Phi) is 8.32. The highest BCUT2D eigenvalue weighted by Crippen LogP contribution is 2.15. The van der Waals surface area contributed by atoms with Crippen molar-refractivity contribution < 1.29 is 19.0 Å². The van der Waals surface area contributed by atoms with Crippen LogP contribution in [0.1, 0.15) is 47.5 Å². The third-order valence-corrected chi connectivity index (χ3v) is 3.39. The summed E-state index contributed by atoms with van der Waals surface area (Å²) in [6, 6.07) is 0.200. The second kappa shape index (κ2) is 8.60. The first-order valence-corrected chi connectivity index (χ1v) is 7.16. The fourth-order valence-electron chi connectivity index (χ4n) is 1.89. The maximum atomic E-state index is 11.9. The van der Waals surface area contributed by atoms with Gasteiger partial charge in [0.15, 0.2) is 0 Å². The van der Waals surface area contributed by atoms with E-state index in [1.54, 1.807) is 7.11 Å². The Morgan fingerprint density at radius 3 is 2.10 bits per heavy atom. The van der Waals surface area contributed by atoms with Gasteiger partial charge >= 0.3 is 5.97 Å². The lowest BCUT2D eigenvalue weighted by Gasteiger charge is -2.30. The summed E-state index contributed by atoms with van der Waals surface area (Å²) in [5.41, 5.74) is -0.887. The maximum Gasteiger partial charge on any atom is 0.325 e. The molecule has 0 aliphatic heterocycles. The molecule has 5 heteroatoms. The maximum absolute atomic E-state index is 11.9. The first kappa shape index (κ1) is 19.4. The Morgan fingerprint density at radius 2 is 1.65 bits per heavy atom. The van der Waals surface area contributed by atoms with Gasteiger partial charge < -0.3 is 14.2 Å². The molecule has 0 fully saturated rings. The molecule has 0 rings (SSSR count). The van der Waals surface area contributed by atoms with Gasteiger partial charge in [-0.25, -0.2) is 0 Å². The van der Waals surface area contributed by atoms with Crippen molar-refractivity contribution in [2.24, 2.45) is 0 Å². The molecular weight excluding hydrogens is 258 g/mol. The van der Waals surface area contributed by atoms with Crippen molar-refractivity contribution in [1.82, 2.24) is 5.32 Å². The molecule has 0 heterocycles. The first-order chi connectivity index (χ1) is 9.17. The number of hydrogen-bond acceptors (Lipinski definition) is 5. The molecule has 0 amide bonds. The van der Waals surface area contributed by atoms with E-state index in [0.29, 0.717) is 19.6 Å². The number of methoxy groups -OCH3 is 2. The van der Waals surface area contributed by atoms with Crippen LogP contribution in [0.15, 0.2) is 0 Å². The van der Waals surface area contributed by atoms with E-state index < -0.39 is 5.54 Å². The lowest BCUT2D eigenvalue weighted by Crippen LogP contribution is -2.53. The van der Waals surface area contributed by atoms with Gasteiger partial charge in [0.25, 0.3) is 0 Å². The monoisotopic (exact) mass is 289 g/mol. The number of rotatable bonds is 10. The molecule has 0 radical (unpaired) electrons. The molecule has 0 aliphatic carbocycles. The van der Waals surface area contributed by atoms with E-state index in [4.69, 9.17) is 14.2 Å². The lowest BCUT2D eigenvalue weighted by atomic mass is 9.97. The molecule has 0 aliphatic rings. The molecule has 5 nitrogen and oxygen atoms in total. The molecule has 0 aromatic heterocycles. The van der Waals surface area contributed by atoms with Gasteiger partial charge in [-0.15, -0.1) is 0 Å². The molecule has 0 aromatic rings. The highest BCUT2D eigenvalue weighted by molar-refractivity contribution is 5.80. The van der Waals surface area contributed by atoms with Crippen molar-refractivity contribution in [2.45, 2.75) is 64.6 Å². The lowest BCUT2D eigenvalue weighted by molar-refractivity contribution is -0.149. The number of nitrogens with one attached hydrogen (secondary N) is 1. The summed E-state index contributed by atoms with van der Waals surface area (Å²) in [5, 5.41) is 3.25. The average Bonchev–Trinajstić information content (AvgIpc) is 2.36. The molecule has 0 spiro atoms. The highest BCUT2D eigenvalue weighted by Gasteiger charge is 2.34. The zero-order valence-corrected chi connectivity index (χ0v) is 14.0. The summed E-state index contributed by atoms with van der Waals surface area (Å²) in [5.74, 6) is -0.257. The van der Waals surface area contributed by atoms with Crippen LogP contribution in [0.3, 0.4) is 0 Å². The van der Waals surface area contributed by atoms with E-state index in [0.717, 1.165) is 6.42 Å². The third-order valence-electron chi connectivity index (χ3n) is 3.39. The molecule has 1 unspecified atom stereocenters. The minimum Gasteiger partial charge on any atom is -0.468 e. The zero-order chi connectivity index (χ0) is 15.8. The minimum absolute atomic E-state index is 0.179. The summed E-state index contributed by atoms with van der Waals surface area (Å²) in [4.78, 5) is 11.9.